The number of carbonyl (C=O) groups is 1. The van der Waals surface area contributed by atoms with Crippen molar-refractivity contribution in [2.45, 2.75) is 49.6 Å². The fourth-order valence-corrected chi connectivity index (χ4v) is 4.02. The maximum atomic E-state index is 12.7. The van der Waals surface area contributed by atoms with Crippen LogP contribution in [0.3, 0.4) is 0 Å². The second-order valence-electron chi connectivity index (χ2n) is 6.36. The molecule has 0 unspecified atom stereocenters. The monoisotopic (exact) mass is 387 g/mol. The summed E-state index contributed by atoms with van der Waals surface area (Å²) in [4.78, 5) is 22.0. The second kappa shape index (κ2) is 9.60. The summed E-state index contributed by atoms with van der Waals surface area (Å²) < 4.78 is 11.1. The Hall–Kier alpha value is -2.28. The topological polar surface area (TPSA) is 73.3 Å². The van der Waals surface area contributed by atoms with Crippen LogP contribution < -0.4 is 14.8 Å². The van der Waals surface area contributed by atoms with Gasteiger partial charge in [0.15, 0.2) is 0 Å². The molecule has 0 bridgehead atoms. The molecule has 144 valence electrons. The number of amides is 1. The van der Waals surface area contributed by atoms with Crippen molar-refractivity contribution >= 4 is 17.7 Å². The van der Waals surface area contributed by atoms with Crippen LogP contribution in [-0.2, 0) is 0 Å². The summed E-state index contributed by atoms with van der Waals surface area (Å²) in [5.74, 6) is 1.78. The van der Waals surface area contributed by atoms with Crippen molar-refractivity contribution in [1.82, 2.24) is 15.3 Å². The average molecular weight is 388 g/mol. The maximum Gasteiger partial charge on any atom is 0.278 e. The number of ether oxygens (including phenoxy) is 2. The van der Waals surface area contributed by atoms with Crippen molar-refractivity contribution in [2.75, 3.05) is 12.9 Å². The first-order valence-corrected chi connectivity index (χ1v) is 10.2. The van der Waals surface area contributed by atoms with Crippen LogP contribution in [0.15, 0.2) is 41.6 Å². The molecule has 1 heterocycles. The van der Waals surface area contributed by atoms with Gasteiger partial charge in [0.1, 0.15) is 6.10 Å². The third-order valence-electron chi connectivity index (χ3n) is 4.55. The van der Waals surface area contributed by atoms with Gasteiger partial charge in [0.25, 0.3) is 17.7 Å². The first-order valence-electron chi connectivity index (χ1n) is 9.25. The minimum absolute atomic E-state index is 0.00603. The summed E-state index contributed by atoms with van der Waals surface area (Å²) in [6.45, 7) is 2.09. The fraction of sp³-hybridized carbons (Fsp3) is 0.450. The molecule has 0 atom stereocenters. The van der Waals surface area contributed by atoms with E-state index in [4.69, 9.17) is 9.47 Å². The number of nitrogens with zero attached hydrogens (tertiary/aromatic N) is 2. The van der Waals surface area contributed by atoms with Crippen LogP contribution in [0.2, 0.25) is 0 Å². The van der Waals surface area contributed by atoms with Crippen molar-refractivity contribution in [3.05, 3.63) is 42.2 Å². The molecule has 7 heteroatoms. The van der Waals surface area contributed by atoms with E-state index in [9.17, 15) is 4.79 Å². The first-order chi connectivity index (χ1) is 13.2. The molecule has 1 saturated carbocycles. The Morgan fingerprint density at radius 2 is 1.85 bits per heavy atom. The van der Waals surface area contributed by atoms with Gasteiger partial charge in [-0.3, -0.25) is 4.79 Å². The maximum absolute atomic E-state index is 12.7. The third-order valence-corrected chi connectivity index (χ3v) is 5.50. The zero-order valence-corrected chi connectivity index (χ0v) is 16.5. The molecule has 0 radical (unpaired) electrons. The number of hydrogen-bond acceptors (Lipinski definition) is 6. The van der Waals surface area contributed by atoms with E-state index in [1.54, 1.807) is 31.3 Å². The normalized spacial score (nSPS) is 19.3. The molecule has 27 heavy (non-hydrogen) atoms. The van der Waals surface area contributed by atoms with Gasteiger partial charge in [0, 0.05) is 23.3 Å². The highest BCUT2D eigenvalue weighted by molar-refractivity contribution is 7.99. The van der Waals surface area contributed by atoms with Crippen molar-refractivity contribution in [2.24, 2.45) is 0 Å². The van der Waals surface area contributed by atoms with Gasteiger partial charge >= 0.3 is 0 Å². The van der Waals surface area contributed by atoms with Crippen LogP contribution in [0.4, 0.5) is 0 Å². The molecule has 1 aliphatic rings. The Labute approximate surface area is 164 Å². The van der Waals surface area contributed by atoms with Gasteiger partial charge in [-0.2, -0.15) is 0 Å². The van der Waals surface area contributed by atoms with Crippen LogP contribution in [0.5, 0.6) is 11.8 Å². The van der Waals surface area contributed by atoms with Crippen LogP contribution in [0, 0.1) is 0 Å². The molecular weight excluding hydrogens is 362 g/mol. The number of nitrogens with one attached hydrogen (secondary N) is 1. The molecule has 1 amide bonds. The highest BCUT2D eigenvalue weighted by Crippen LogP contribution is 2.28. The number of hydrogen-bond donors (Lipinski definition) is 1. The number of methoxy groups -OCH3 is 1. The first kappa shape index (κ1) is 19.5. The zero-order valence-electron chi connectivity index (χ0n) is 15.7. The average Bonchev–Trinajstić information content (AvgIpc) is 2.70. The number of carbonyl (C=O) groups excluding carboxylic acids is 1. The van der Waals surface area contributed by atoms with Gasteiger partial charge < -0.3 is 14.8 Å². The smallest absolute Gasteiger partial charge is 0.278 e. The lowest BCUT2D eigenvalue weighted by atomic mass is 9.92. The summed E-state index contributed by atoms with van der Waals surface area (Å²) in [7, 11) is 1.55. The number of benzene rings is 1. The molecule has 1 aromatic heterocycles. The molecule has 3 rings (SSSR count). The molecule has 1 fully saturated rings. The second-order valence-corrected chi connectivity index (χ2v) is 7.67. The standard InChI is InChI=1S/C20H25N3O3S/c1-3-27-17-7-5-4-6-16(17)18(24)23-14-8-10-15(11-9-14)26-20-19(25-2)21-12-13-22-20/h4-7,12-15H,3,8-11H2,1-2H3,(H,23,24). The lowest BCUT2D eigenvalue weighted by Crippen LogP contribution is -2.40. The Kier molecular flexibility index (Phi) is 6.92. The Bertz CT molecular complexity index is 764. The Morgan fingerprint density at radius 1 is 1.15 bits per heavy atom. The largest absolute Gasteiger partial charge is 0.477 e. The fourth-order valence-electron chi connectivity index (χ4n) is 3.21. The van der Waals surface area contributed by atoms with E-state index < -0.39 is 0 Å². The molecule has 0 aliphatic heterocycles. The highest BCUT2D eigenvalue weighted by atomic mass is 32.2. The minimum atomic E-state index is 0.00603. The van der Waals surface area contributed by atoms with Crippen LogP contribution in [0.1, 0.15) is 43.0 Å². The summed E-state index contributed by atoms with van der Waals surface area (Å²) in [6, 6.07) is 7.94. The van der Waals surface area contributed by atoms with E-state index in [1.807, 2.05) is 24.3 Å². The number of thioether (sulfide) groups is 1. The zero-order chi connectivity index (χ0) is 19.1. The van der Waals surface area contributed by atoms with Gasteiger partial charge in [-0.25, -0.2) is 9.97 Å². The van der Waals surface area contributed by atoms with Crippen molar-refractivity contribution in [3.63, 3.8) is 0 Å². The molecular formula is C20H25N3O3S. The van der Waals surface area contributed by atoms with E-state index in [2.05, 4.69) is 22.2 Å². The van der Waals surface area contributed by atoms with E-state index >= 15 is 0 Å². The predicted octanol–water partition coefficient (Wildman–Crippen LogP) is 3.72. The summed E-state index contributed by atoms with van der Waals surface area (Å²) >= 11 is 1.69. The highest BCUT2D eigenvalue weighted by Gasteiger charge is 2.25. The summed E-state index contributed by atoms with van der Waals surface area (Å²) in [6.07, 6.45) is 6.70. The van der Waals surface area contributed by atoms with Gasteiger partial charge in [-0.05, 0) is 43.6 Å². The van der Waals surface area contributed by atoms with E-state index in [-0.39, 0.29) is 18.1 Å². The van der Waals surface area contributed by atoms with Gasteiger partial charge in [0.2, 0.25) is 0 Å². The Morgan fingerprint density at radius 3 is 2.56 bits per heavy atom. The molecule has 0 spiro atoms. The van der Waals surface area contributed by atoms with E-state index in [0.717, 1.165) is 41.9 Å². The van der Waals surface area contributed by atoms with Crippen molar-refractivity contribution in [3.8, 4) is 11.8 Å². The van der Waals surface area contributed by atoms with Crippen LogP contribution in [-0.4, -0.2) is 40.9 Å². The summed E-state index contributed by atoms with van der Waals surface area (Å²) in [5.41, 5.74) is 0.756. The lowest BCUT2D eigenvalue weighted by molar-refractivity contribution is 0.0883. The van der Waals surface area contributed by atoms with Gasteiger partial charge in [-0.1, -0.05) is 19.1 Å². The lowest BCUT2D eigenvalue weighted by Gasteiger charge is -2.29. The molecule has 0 saturated heterocycles. The quantitative estimate of drug-likeness (QED) is 0.730. The van der Waals surface area contributed by atoms with Gasteiger partial charge in [0.05, 0.1) is 12.7 Å². The third kappa shape index (κ3) is 5.13. The number of rotatable bonds is 7. The Balaban J connectivity index is 1.53. The molecule has 6 nitrogen and oxygen atoms in total. The van der Waals surface area contributed by atoms with E-state index in [1.165, 1.54) is 0 Å². The van der Waals surface area contributed by atoms with Crippen LogP contribution >= 0.6 is 11.8 Å². The van der Waals surface area contributed by atoms with E-state index in [0.29, 0.717) is 11.8 Å². The summed E-state index contributed by atoms with van der Waals surface area (Å²) in [5, 5.41) is 3.18. The van der Waals surface area contributed by atoms with Crippen molar-refractivity contribution < 1.29 is 14.3 Å². The molecule has 1 aromatic carbocycles. The minimum Gasteiger partial charge on any atom is -0.477 e. The molecule has 2 aromatic rings. The van der Waals surface area contributed by atoms with Gasteiger partial charge in [-0.15, -0.1) is 11.8 Å². The molecule has 1 N–H and O–H groups in total. The SMILES string of the molecule is CCSc1ccccc1C(=O)NC1CCC(Oc2nccnc2OC)CC1. The van der Waals surface area contributed by atoms with Crippen molar-refractivity contribution in [1.29, 1.82) is 0 Å². The number of aromatic nitrogens is 2. The molecule has 1 aliphatic carbocycles. The van der Waals surface area contributed by atoms with Crippen LogP contribution in [0.25, 0.3) is 0 Å². The predicted molar refractivity (Wildman–Crippen MR) is 106 cm³/mol.